The van der Waals surface area contributed by atoms with Gasteiger partial charge in [-0.2, -0.15) is 0 Å². The Morgan fingerprint density at radius 2 is 2.00 bits per heavy atom. The van der Waals surface area contributed by atoms with E-state index in [1.54, 1.807) is 26.5 Å². The molecule has 0 fully saturated rings. The van der Waals surface area contributed by atoms with Crippen molar-refractivity contribution in [3.05, 3.63) is 42.2 Å². The summed E-state index contributed by atoms with van der Waals surface area (Å²) in [6.07, 6.45) is 1.64. The number of nitrogens with two attached hydrogens (primary N) is 1. The van der Waals surface area contributed by atoms with Crippen molar-refractivity contribution in [2.75, 3.05) is 19.5 Å². The van der Waals surface area contributed by atoms with Crippen LogP contribution in [0.4, 0.5) is 11.4 Å². The fourth-order valence-electron chi connectivity index (χ4n) is 1.76. The number of aromatic nitrogens is 1. The molecule has 0 amide bonds. The molecule has 0 saturated carbocycles. The van der Waals surface area contributed by atoms with Crippen LogP contribution in [0, 0.1) is 0 Å². The number of benzene rings is 1. The molecule has 104 valence electrons. The Morgan fingerprint density at radius 3 is 2.65 bits per heavy atom. The highest BCUT2D eigenvalue weighted by molar-refractivity contribution is 7.80. The quantitative estimate of drug-likeness (QED) is 0.824. The number of hydrogen-bond donors (Lipinski definition) is 2. The molecule has 2 aromatic rings. The minimum atomic E-state index is 0.231. The van der Waals surface area contributed by atoms with Gasteiger partial charge < -0.3 is 20.5 Å². The van der Waals surface area contributed by atoms with Crippen LogP contribution in [0.1, 0.15) is 5.69 Å². The van der Waals surface area contributed by atoms with E-state index in [4.69, 9.17) is 27.4 Å². The Bertz CT molecular complexity index is 632. The van der Waals surface area contributed by atoms with Gasteiger partial charge in [-0.1, -0.05) is 12.2 Å². The third-order valence-corrected chi connectivity index (χ3v) is 2.91. The van der Waals surface area contributed by atoms with Crippen LogP contribution in [-0.2, 0) is 0 Å². The van der Waals surface area contributed by atoms with Gasteiger partial charge in [-0.3, -0.25) is 4.98 Å². The standard InChI is InChI=1S/C14H15N3O2S/c1-18-9-5-6-12(19-2)11(8-9)17-10-4-3-7-16-13(10)14(15)20/h3-8,17H,1-2H3,(H2,15,20). The van der Waals surface area contributed by atoms with E-state index in [9.17, 15) is 0 Å². The summed E-state index contributed by atoms with van der Waals surface area (Å²) >= 11 is 4.99. The van der Waals surface area contributed by atoms with Crippen LogP contribution in [0.3, 0.4) is 0 Å². The van der Waals surface area contributed by atoms with Crippen molar-refractivity contribution in [3.63, 3.8) is 0 Å². The van der Waals surface area contributed by atoms with Crippen LogP contribution in [0.2, 0.25) is 0 Å². The monoisotopic (exact) mass is 289 g/mol. The summed E-state index contributed by atoms with van der Waals surface area (Å²) in [5.74, 6) is 1.40. The molecule has 0 aliphatic rings. The number of methoxy groups -OCH3 is 2. The first kappa shape index (κ1) is 14.1. The molecule has 1 aromatic heterocycles. The first-order chi connectivity index (χ1) is 9.65. The normalized spacial score (nSPS) is 9.90. The van der Waals surface area contributed by atoms with Crippen LogP contribution < -0.4 is 20.5 Å². The average molecular weight is 289 g/mol. The van der Waals surface area contributed by atoms with E-state index in [0.717, 1.165) is 5.69 Å². The van der Waals surface area contributed by atoms with Crippen molar-refractivity contribution >= 4 is 28.6 Å². The summed E-state index contributed by atoms with van der Waals surface area (Å²) < 4.78 is 10.5. The van der Waals surface area contributed by atoms with Crippen LogP contribution in [0.25, 0.3) is 0 Å². The highest BCUT2D eigenvalue weighted by Crippen LogP contribution is 2.32. The summed E-state index contributed by atoms with van der Waals surface area (Å²) in [5, 5.41) is 3.21. The number of pyridine rings is 1. The van der Waals surface area contributed by atoms with Gasteiger partial charge in [0.1, 0.15) is 22.2 Å². The van der Waals surface area contributed by atoms with Crippen LogP contribution in [-0.4, -0.2) is 24.2 Å². The minimum Gasteiger partial charge on any atom is -0.497 e. The zero-order valence-corrected chi connectivity index (χ0v) is 12.0. The zero-order valence-electron chi connectivity index (χ0n) is 11.2. The topological polar surface area (TPSA) is 69.4 Å². The second-order valence-electron chi connectivity index (χ2n) is 3.96. The molecule has 0 radical (unpaired) electrons. The van der Waals surface area contributed by atoms with Gasteiger partial charge in [0.25, 0.3) is 0 Å². The number of rotatable bonds is 5. The maximum atomic E-state index is 5.67. The molecule has 1 heterocycles. The molecule has 5 nitrogen and oxygen atoms in total. The lowest BCUT2D eigenvalue weighted by molar-refractivity contribution is 0.405. The third kappa shape index (κ3) is 2.97. The molecular weight excluding hydrogens is 274 g/mol. The van der Waals surface area contributed by atoms with E-state index in [0.29, 0.717) is 22.9 Å². The van der Waals surface area contributed by atoms with Gasteiger partial charge in [-0.25, -0.2) is 0 Å². The van der Waals surface area contributed by atoms with Crippen molar-refractivity contribution < 1.29 is 9.47 Å². The maximum Gasteiger partial charge on any atom is 0.142 e. The molecule has 2 rings (SSSR count). The third-order valence-electron chi connectivity index (χ3n) is 2.72. The summed E-state index contributed by atoms with van der Waals surface area (Å²) in [6, 6.07) is 9.12. The summed E-state index contributed by atoms with van der Waals surface area (Å²) in [4.78, 5) is 4.40. The Hall–Kier alpha value is -2.34. The maximum absolute atomic E-state index is 5.67. The molecule has 0 aliphatic heterocycles. The molecule has 0 atom stereocenters. The van der Waals surface area contributed by atoms with E-state index in [-0.39, 0.29) is 4.99 Å². The second-order valence-corrected chi connectivity index (χ2v) is 4.39. The van der Waals surface area contributed by atoms with Crippen molar-refractivity contribution in [2.45, 2.75) is 0 Å². The molecule has 6 heteroatoms. The summed E-state index contributed by atoms with van der Waals surface area (Å²) in [6.45, 7) is 0. The number of nitrogens with zero attached hydrogens (tertiary/aromatic N) is 1. The molecule has 0 bridgehead atoms. The van der Waals surface area contributed by atoms with Crippen molar-refractivity contribution in [2.24, 2.45) is 5.73 Å². The predicted octanol–water partition coefficient (Wildman–Crippen LogP) is 2.48. The average Bonchev–Trinajstić information content (AvgIpc) is 2.47. The Labute approximate surface area is 122 Å². The van der Waals surface area contributed by atoms with Gasteiger partial charge in [0.05, 0.1) is 25.6 Å². The molecule has 3 N–H and O–H groups in total. The van der Waals surface area contributed by atoms with Gasteiger partial charge >= 0.3 is 0 Å². The zero-order chi connectivity index (χ0) is 14.5. The van der Waals surface area contributed by atoms with Crippen LogP contribution in [0.5, 0.6) is 11.5 Å². The van der Waals surface area contributed by atoms with Gasteiger partial charge in [0.15, 0.2) is 0 Å². The van der Waals surface area contributed by atoms with Gasteiger partial charge in [-0.15, -0.1) is 0 Å². The first-order valence-electron chi connectivity index (χ1n) is 5.89. The van der Waals surface area contributed by atoms with E-state index >= 15 is 0 Å². The first-order valence-corrected chi connectivity index (χ1v) is 6.30. The number of hydrogen-bond acceptors (Lipinski definition) is 5. The van der Waals surface area contributed by atoms with E-state index < -0.39 is 0 Å². The van der Waals surface area contributed by atoms with Crippen molar-refractivity contribution in [1.29, 1.82) is 0 Å². The molecule has 0 spiro atoms. The SMILES string of the molecule is COc1ccc(OC)c(Nc2cccnc2C(N)=S)c1. The lowest BCUT2D eigenvalue weighted by Crippen LogP contribution is -2.14. The molecule has 0 aliphatic carbocycles. The summed E-state index contributed by atoms with van der Waals surface area (Å²) in [5.41, 5.74) is 7.66. The smallest absolute Gasteiger partial charge is 0.142 e. The fraction of sp³-hybridized carbons (Fsp3) is 0.143. The second kappa shape index (κ2) is 6.21. The number of anilines is 2. The van der Waals surface area contributed by atoms with Gasteiger partial charge in [0, 0.05) is 12.3 Å². The molecule has 1 aromatic carbocycles. The molecule has 20 heavy (non-hydrogen) atoms. The Balaban J connectivity index is 2.41. The Kier molecular flexibility index (Phi) is 4.37. The van der Waals surface area contributed by atoms with E-state index in [2.05, 4.69) is 10.3 Å². The lowest BCUT2D eigenvalue weighted by Gasteiger charge is -2.14. The van der Waals surface area contributed by atoms with Crippen LogP contribution in [0.15, 0.2) is 36.5 Å². The molecule has 0 saturated heterocycles. The Morgan fingerprint density at radius 1 is 1.20 bits per heavy atom. The minimum absolute atomic E-state index is 0.231. The van der Waals surface area contributed by atoms with Gasteiger partial charge in [0.2, 0.25) is 0 Å². The van der Waals surface area contributed by atoms with E-state index in [1.807, 2.05) is 24.3 Å². The van der Waals surface area contributed by atoms with Crippen molar-refractivity contribution in [1.82, 2.24) is 4.98 Å². The largest absolute Gasteiger partial charge is 0.497 e. The fourth-order valence-corrected chi connectivity index (χ4v) is 1.92. The molecular formula is C14H15N3O2S. The lowest BCUT2D eigenvalue weighted by atomic mass is 10.2. The number of ether oxygens (including phenoxy) is 2. The highest BCUT2D eigenvalue weighted by Gasteiger charge is 2.10. The summed E-state index contributed by atoms with van der Waals surface area (Å²) in [7, 11) is 3.21. The molecule has 0 unspecified atom stereocenters. The number of thiocarbonyl (C=S) groups is 1. The van der Waals surface area contributed by atoms with Gasteiger partial charge in [-0.05, 0) is 24.3 Å². The predicted molar refractivity (Wildman–Crippen MR) is 83.0 cm³/mol. The number of nitrogens with one attached hydrogen (secondary N) is 1. The van der Waals surface area contributed by atoms with E-state index in [1.165, 1.54) is 0 Å². The van der Waals surface area contributed by atoms with Crippen molar-refractivity contribution in [3.8, 4) is 11.5 Å². The van der Waals surface area contributed by atoms with Crippen LogP contribution >= 0.6 is 12.2 Å². The highest BCUT2D eigenvalue weighted by atomic mass is 32.1.